The lowest BCUT2D eigenvalue weighted by Gasteiger charge is -2.19. The van der Waals surface area contributed by atoms with Gasteiger partial charge in [0.2, 0.25) is 5.91 Å². The molecule has 1 aromatic carbocycles. The predicted octanol–water partition coefficient (Wildman–Crippen LogP) is 2.40. The number of anilines is 1. The van der Waals surface area contributed by atoms with Crippen LogP contribution in [0, 0.1) is 0 Å². The maximum absolute atomic E-state index is 11.8. The Morgan fingerprint density at radius 3 is 2.59 bits per heavy atom. The molecular weight excluding hydrogens is 286 g/mol. The fraction of sp³-hybridized carbons (Fsp3) is 0.333. The topological polar surface area (TPSA) is 46.6 Å². The number of benzene rings is 1. The molecule has 0 unspecified atom stereocenters. The minimum Gasteiger partial charge on any atom is -0.495 e. The first-order valence-electron chi connectivity index (χ1n) is 5.05. The van der Waals surface area contributed by atoms with Crippen molar-refractivity contribution in [2.45, 2.75) is 13.3 Å². The molecule has 0 aliphatic heterocycles. The summed E-state index contributed by atoms with van der Waals surface area (Å²) < 4.78 is 6.02. The molecule has 0 saturated heterocycles. The van der Waals surface area contributed by atoms with Crippen molar-refractivity contribution in [2.24, 2.45) is 0 Å². The van der Waals surface area contributed by atoms with Crippen LogP contribution in [0.4, 0.5) is 5.69 Å². The first-order valence-corrected chi connectivity index (χ1v) is 5.84. The van der Waals surface area contributed by atoms with Gasteiger partial charge in [0.15, 0.2) is 0 Å². The van der Waals surface area contributed by atoms with Crippen LogP contribution < -0.4 is 9.64 Å². The minimum atomic E-state index is -0.256. The molecule has 5 heteroatoms. The Kier molecular flexibility index (Phi) is 4.69. The van der Waals surface area contributed by atoms with E-state index in [0.717, 1.165) is 4.47 Å². The number of carbonyl (C=O) groups is 2. The van der Waals surface area contributed by atoms with Gasteiger partial charge in [-0.3, -0.25) is 9.59 Å². The number of hydrogen-bond acceptors (Lipinski definition) is 3. The molecule has 4 nitrogen and oxygen atoms in total. The van der Waals surface area contributed by atoms with E-state index in [1.165, 1.54) is 18.9 Å². The molecule has 0 heterocycles. The second-order valence-corrected chi connectivity index (χ2v) is 4.56. The number of ether oxygens (including phenoxy) is 1. The molecule has 0 radical (unpaired) electrons. The zero-order valence-corrected chi connectivity index (χ0v) is 11.6. The van der Waals surface area contributed by atoms with Crippen LogP contribution in [0.3, 0.4) is 0 Å². The zero-order chi connectivity index (χ0) is 13.0. The van der Waals surface area contributed by atoms with E-state index >= 15 is 0 Å². The lowest BCUT2D eigenvalue weighted by atomic mass is 10.2. The van der Waals surface area contributed by atoms with Gasteiger partial charge in [-0.2, -0.15) is 0 Å². The fourth-order valence-corrected chi connectivity index (χ4v) is 1.74. The summed E-state index contributed by atoms with van der Waals surface area (Å²) in [4.78, 5) is 24.1. The number of ketones is 1. The lowest BCUT2D eigenvalue weighted by Crippen LogP contribution is -2.28. The number of nitrogens with zero attached hydrogens (tertiary/aromatic N) is 1. The highest BCUT2D eigenvalue weighted by atomic mass is 79.9. The molecule has 0 saturated carbocycles. The van der Waals surface area contributed by atoms with E-state index in [9.17, 15) is 9.59 Å². The Balaban J connectivity index is 3.01. The van der Waals surface area contributed by atoms with Crippen molar-refractivity contribution < 1.29 is 14.3 Å². The normalized spacial score (nSPS) is 9.88. The summed E-state index contributed by atoms with van der Waals surface area (Å²) in [5.41, 5.74) is 0.633. The predicted molar refractivity (Wildman–Crippen MR) is 69.4 cm³/mol. The van der Waals surface area contributed by atoms with Crippen molar-refractivity contribution in [3.05, 3.63) is 22.7 Å². The van der Waals surface area contributed by atoms with Crippen molar-refractivity contribution in [1.82, 2.24) is 0 Å². The van der Waals surface area contributed by atoms with Crippen molar-refractivity contribution in [2.75, 3.05) is 19.1 Å². The first kappa shape index (κ1) is 13.7. The Labute approximate surface area is 109 Å². The largest absolute Gasteiger partial charge is 0.495 e. The van der Waals surface area contributed by atoms with Gasteiger partial charge >= 0.3 is 0 Å². The van der Waals surface area contributed by atoms with Crippen LogP contribution in [-0.2, 0) is 9.59 Å². The highest BCUT2D eigenvalue weighted by Gasteiger charge is 2.16. The van der Waals surface area contributed by atoms with Gasteiger partial charge in [0.1, 0.15) is 11.5 Å². The van der Waals surface area contributed by atoms with E-state index in [0.29, 0.717) is 11.4 Å². The van der Waals surface area contributed by atoms with E-state index in [4.69, 9.17) is 4.74 Å². The summed E-state index contributed by atoms with van der Waals surface area (Å²) in [6, 6.07) is 5.36. The van der Waals surface area contributed by atoms with Crippen molar-refractivity contribution in [3.8, 4) is 5.75 Å². The summed E-state index contributed by atoms with van der Waals surface area (Å²) in [5.74, 6) is 0.178. The average Bonchev–Trinajstić information content (AvgIpc) is 2.27. The smallest absolute Gasteiger partial charge is 0.234 e. The quantitative estimate of drug-likeness (QED) is 0.802. The van der Waals surface area contributed by atoms with Gasteiger partial charge in [-0.15, -0.1) is 0 Å². The molecule has 0 aromatic heterocycles. The van der Waals surface area contributed by atoms with Gasteiger partial charge in [-0.1, -0.05) is 15.9 Å². The Hall–Kier alpha value is -1.36. The zero-order valence-electron chi connectivity index (χ0n) is 9.99. The molecule has 0 bridgehead atoms. The molecular formula is C12H14BrNO3. The van der Waals surface area contributed by atoms with Crippen LogP contribution >= 0.6 is 15.9 Å². The van der Waals surface area contributed by atoms with Crippen LogP contribution in [0.1, 0.15) is 13.3 Å². The molecule has 0 fully saturated rings. The molecule has 0 aliphatic carbocycles. The summed E-state index contributed by atoms with van der Waals surface area (Å²) >= 11 is 3.33. The highest BCUT2D eigenvalue weighted by Crippen LogP contribution is 2.30. The van der Waals surface area contributed by atoms with Crippen LogP contribution in [-0.4, -0.2) is 25.8 Å². The Morgan fingerprint density at radius 1 is 1.41 bits per heavy atom. The summed E-state index contributed by atoms with van der Waals surface area (Å²) in [6.07, 6.45) is -0.105. The third-order valence-electron chi connectivity index (χ3n) is 2.28. The molecule has 17 heavy (non-hydrogen) atoms. The molecule has 1 aromatic rings. The Bertz CT molecular complexity index is 445. The van der Waals surface area contributed by atoms with Crippen LogP contribution in [0.25, 0.3) is 0 Å². The molecule has 0 spiro atoms. The van der Waals surface area contributed by atoms with E-state index in [-0.39, 0.29) is 18.1 Å². The van der Waals surface area contributed by atoms with Gasteiger partial charge in [-0.25, -0.2) is 0 Å². The van der Waals surface area contributed by atoms with Crippen LogP contribution in [0.15, 0.2) is 22.7 Å². The Morgan fingerprint density at radius 2 is 2.06 bits per heavy atom. The number of Topliss-reactive ketones (excluding diaryl/α,β-unsaturated/α-hetero) is 1. The lowest BCUT2D eigenvalue weighted by molar-refractivity contribution is -0.125. The number of amides is 1. The second kappa shape index (κ2) is 5.82. The molecule has 0 atom stereocenters. The summed E-state index contributed by atoms with van der Waals surface area (Å²) in [6.45, 7) is 1.39. The van der Waals surface area contributed by atoms with E-state index in [1.807, 2.05) is 6.07 Å². The van der Waals surface area contributed by atoms with Gasteiger partial charge < -0.3 is 9.64 Å². The van der Waals surface area contributed by atoms with Crippen molar-refractivity contribution >= 4 is 33.3 Å². The number of rotatable bonds is 4. The molecule has 1 rings (SSSR count). The third kappa shape index (κ3) is 3.56. The summed E-state index contributed by atoms with van der Waals surface area (Å²) in [5, 5.41) is 0. The van der Waals surface area contributed by atoms with Crippen molar-refractivity contribution in [3.63, 3.8) is 0 Å². The number of carbonyl (C=O) groups excluding carboxylic acids is 2. The number of hydrogen-bond donors (Lipinski definition) is 0. The number of halogens is 1. The average molecular weight is 300 g/mol. The molecule has 0 aliphatic rings. The fourth-order valence-electron chi connectivity index (χ4n) is 1.39. The maximum atomic E-state index is 11.8. The van der Waals surface area contributed by atoms with Gasteiger partial charge in [-0.05, 0) is 25.1 Å². The third-order valence-corrected chi connectivity index (χ3v) is 2.77. The first-order chi connectivity index (χ1) is 7.95. The van der Waals surface area contributed by atoms with E-state index < -0.39 is 0 Å². The summed E-state index contributed by atoms with van der Waals surface area (Å²) in [7, 11) is 3.16. The van der Waals surface area contributed by atoms with Crippen LogP contribution in [0.5, 0.6) is 5.75 Å². The molecule has 1 amide bonds. The standard InChI is InChI=1S/C12H14BrNO3/c1-8(15)6-12(16)14(2)10-7-9(13)4-5-11(10)17-3/h4-5,7H,6H2,1-3H3. The van der Waals surface area contributed by atoms with Gasteiger partial charge in [0, 0.05) is 11.5 Å². The monoisotopic (exact) mass is 299 g/mol. The SMILES string of the molecule is COc1ccc(Br)cc1N(C)C(=O)CC(C)=O. The van der Waals surface area contributed by atoms with Gasteiger partial charge in [0.25, 0.3) is 0 Å². The van der Waals surface area contributed by atoms with Crippen LogP contribution in [0.2, 0.25) is 0 Å². The molecule has 92 valence electrons. The van der Waals surface area contributed by atoms with Crippen molar-refractivity contribution in [1.29, 1.82) is 0 Å². The second-order valence-electron chi connectivity index (χ2n) is 3.65. The van der Waals surface area contributed by atoms with E-state index in [1.54, 1.807) is 19.2 Å². The van der Waals surface area contributed by atoms with E-state index in [2.05, 4.69) is 15.9 Å². The minimum absolute atomic E-state index is 0.105. The van der Waals surface area contributed by atoms with Gasteiger partial charge in [0.05, 0.1) is 19.2 Å². The maximum Gasteiger partial charge on any atom is 0.234 e. The highest BCUT2D eigenvalue weighted by molar-refractivity contribution is 9.10. The molecule has 0 N–H and O–H groups in total. The number of methoxy groups -OCH3 is 1.